The van der Waals surface area contributed by atoms with Gasteiger partial charge in [0.15, 0.2) is 0 Å². The zero-order valence-corrected chi connectivity index (χ0v) is 9.50. The molecule has 2 unspecified atom stereocenters. The summed E-state index contributed by atoms with van der Waals surface area (Å²) in [6.45, 7) is 0.554. The fourth-order valence-electron chi connectivity index (χ4n) is 0.752. The molecule has 0 spiro atoms. The maximum absolute atomic E-state index is 12.6. The van der Waals surface area contributed by atoms with Crippen molar-refractivity contribution in [3.05, 3.63) is 12.2 Å². The molecule has 0 aromatic carbocycles. The Hall–Kier alpha value is 0.1000. The molecule has 0 aliphatic rings. The Morgan fingerprint density at radius 1 is 0.857 bits per heavy atom. The van der Waals surface area contributed by atoms with Crippen LogP contribution in [0.2, 0.25) is 0 Å². The second kappa shape index (κ2) is 13.1. The number of rotatable bonds is 6. The van der Waals surface area contributed by atoms with E-state index in [0.717, 1.165) is 0 Å². The van der Waals surface area contributed by atoms with Gasteiger partial charge in [0.1, 0.15) is 12.3 Å². The highest BCUT2D eigenvalue weighted by Crippen LogP contribution is 2.03. The van der Waals surface area contributed by atoms with Gasteiger partial charge in [0, 0.05) is 0 Å². The first-order chi connectivity index (χ1) is 5.70. The van der Waals surface area contributed by atoms with Crippen molar-refractivity contribution in [1.82, 2.24) is 0 Å². The summed E-state index contributed by atoms with van der Waals surface area (Å²) in [4.78, 5) is 0. The molecule has 0 fully saturated rings. The van der Waals surface area contributed by atoms with E-state index >= 15 is 0 Å². The average Bonchev–Trinajstić information content (AvgIpc) is 2.02. The molecule has 4 N–H and O–H groups in total. The lowest BCUT2D eigenvalue weighted by Crippen LogP contribution is -2.09. The third kappa shape index (κ3) is 12.1. The molecule has 0 radical (unpaired) electrons. The molecule has 6 heteroatoms. The Kier molecular flexibility index (Phi) is 18.4. The largest absolute Gasteiger partial charge is 0.330 e. The fraction of sp³-hybridized carbons (Fsp3) is 0.750. The summed E-state index contributed by atoms with van der Waals surface area (Å²) in [6, 6.07) is 0. The lowest BCUT2D eigenvalue weighted by Gasteiger charge is -2.01. The molecule has 88 valence electrons. The van der Waals surface area contributed by atoms with Gasteiger partial charge in [-0.2, -0.15) is 0 Å². The van der Waals surface area contributed by atoms with Crippen molar-refractivity contribution < 1.29 is 8.78 Å². The summed E-state index contributed by atoms with van der Waals surface area (Å²) < 4.78 is 25.3. The molecule has 2 nitrogen and oxygen atoms in total. The first-order valence-electron chi connectivity index (χ1n) is 4.07. The smallest absolute Gasteiger partial charge is 0.120 e. The van der Waals surface area contributed by atoms with E-state index in [9.17, 15) is 8.78 Å². The molecule has 0 saturated carbocycles. The number of allylic oxidation sites excluding steroid dienone is 2. The van der Waals surface area contributed by atoms with Crippen LogP contribution in [-0.4, -0.2) is 25.4 Å². The van der Waals surface area contributed by atoms with E-state index in [1.54, 1.807) is 0 Å². The molecule has 0 aromatic rings. The molecule has 0 aliphatic carbocycles. The molecule has 0 bridgehead atoms. The summed E-state index contributed by atoms with van der Waals surface area (Å²) in [5.74, 6) is 0. The van der Waals surface area contributed by atoms with Crippen LogP contribution in [0.1, 0.15) is 12.8 Å². The standard InChI is InChI=1S/C8H16F2N2.2ClH/c9-7(3-5-11)1-2-8(10)4-6-12;;/h1-2,7-8H,3-6,11-12H2;2*1H. The van der Waals surface area contributed by atoms with Gasteiger partial charge in [-0.05, 0) is 25.9 Å². The predicted octanol–water partition coefficient (Wildman–Crippen LogP) is 1.76. The number of hydrogen-bond acceptors (Lipinski definition) is 2. The molecular formula is C8H18Cl2F2N2. The molecule has 0 amide bonds. The Morgan fingerprint density at radius 2 is 1.14 bits per heavy atom. The Labute approximate surface area is 95.9 Å². The van der Waals surface area contributed by atoms with Crippen molar-refractivity contribution in [3.63, 3.8) is 0 Å². The second-order valence-corrected chi connectivity index (χ2v) is 2.57. The normalized spacial score (nSPS) is 14.3. The third-order valence-electron chi connectivity index (χ3n) is 1.41. The molecule has 0 aromatic heterocycles. The third-order valence-corrected chi connectivity index (χ3v) is 1.41. The van der Waals surface area contributed by atoms with Gasteiger partial charge < -0.3 is 11.5 Å². The Morgan fingerprint density at radius 3 is 1.36 bits per heavy atom. The highest BCUT2D eigenvalue weighted by molar-refractivity contribution is 5.85. The van der Waals surface area contributed by atoms with Gasteiger partial charge in [-0.3, -0.25) is 0 Å². The maximum atomic E-state index is 12.6. The van der Waals surface area contributed by atoms with E-state index in [4.69, 9.17) is 11.5 Å². The molecule has 0 heterocycles. The predicted molar refractivity (Wildman–Crippen MR) is 60.8 cm³/mol. The van der Waals surface area contributed by atoms with E-state index in [1.165, 1.54) is 12.2 Å². The summed E-state index contributed by atoms with van der Waals surface area (Å²) >= 11 is 0. The van der Waals surface area contributed by atoms with Crippen LogP contribution >= 0.6 is 24.8 Å². The summed E-state index contributed by atoms with van der Waals surface area (Å²) in [5, 5.41) is 0. The highest BCUT2D eigenvalue weighted by atomic mass is 35.5. The topological polar surface area (TPSA) is 52.0 Å². The van der Waals surface area contributed by atoms with Crippen molar-refractivity contribution in [3.8, 4) is 0 Å². The van der Waals surface area contributed by atoms with E-state index in [2.05, 4.69) is 0 Å². The minimum Gasteiger partial charge on any atom is -0.330 e. The van der Waals surface area contributed by atoms with Gasteiger partial charge in [-0.15, -0.1) is 24.8 Å². The van der Waals surface area contributed by atoms with Crippen LogP contribution in [0, 0.1) is 0 Å². The maximum Gasteiger partial charge on any atom is 0.120 e. The fourth-order valence-corrected chi connectivity index (χ4v) is 0.752. The van der Waals surface area contributed by atoms with Gasteiger partial charge in [0.05, 0.1) is 0 Å². The monoisotopic (exact) mass is 250 g/mol. The summed E-state index contributed by atoms with van der Waals surface area (Å²) in [5.41, 5.74) is 10.2. The minimum atomic E-state index is -1.13. The number of hydrogen-bond donors (Lipinski definition) is 2. The molecule has 0 rings (SSSR count). The van der Waals surface area contributed by atoms with E-state index < -0.39 is 12.3 Å². The van der Waals surface area contributed by atoms with Crippen molar-refractivity contribution in [2.24, 2.45) is 11.5 Å². The Balaban J connectivity index is -0.000000605. The van der Waals surface area contributed by atoms with Crippen LogP contribution in [0.15, 0.2) is 12.2 Å². The van der Waals surface area contributed by atoms with E-state index in [-0.39, 0.29) is 50.7 Å². The lowest BCUT2D eigenvalue weighted by atomic mass is 10.2. The van der Waals surface area contributed by atoms with Crippen molar-refractivity contribution >= 4 is 24.8 Å². The van der Waals surface area contributed by atoms with Crippen molar-refractivity contribution in [2.45, 2.75) is 25.2 Å². The average molecular weight is 251 g/mol. The molecule has 0 saturated heterocycles. The first-order valence-corrected chi connectivity index (χ1v) is 4.07. The molecule has 2 atom stereocenters. The first kappa shape index (κ1) is 19.6. The molecular weight excluding hydrogens is 233 g/mol. The molecule has 0 aliphatic heterocycles. The van der Waals surface area contributed by atoms with Gasteiger partial charge in [-0.25, -0.2) is 8.78 Å². The lowest BCUT2D eigenvalue weighted by molar-refractivity contribution is 0.361. The van der Waals surface area contributed by atoms with Crippen molar-refractivity contribution in [1.29, 1.82) is 0 Å². The van der Waals surface area contributed by atoms with Crippen LogP contribution < -0.4 is 11.5 Å². The SMILES string of the molecule is Cl.Cl.NCCC(F)C=CC(F)CCN. The zero-order valence-electron chi connectivity index (χ0n) is 7.86. The van der Waals surface area contributed by atoms with Crippen LogP contribution in [0.3, 0.4) is 0 Å². The second-order valence-electron chi connectivity index (χ2n) is 2.57. The van der Waals surface area contributed by atoms with E-state index in [0.29, 0.717) is 0 Å². The summed E-state index contributed by atoms with van der Waals surface area (Å²) in [6.07, 6.45) is 0.620. The number of halogens is 4. The van der Waals surface area contributed by atoms with Crippen LogP contribution in [0.4, 0.5) is 8.78 Å². The van der Waals surface area contributed by atoms with Crippen molar-refractivity contribution in [2.75, 3.05) is 13.1 Å². The zero-order chi connectivity index (χ0) is 9.40. The molecule has 14 heavy (non-hydrogen) atoms. The van der Waals surface area contributed by atoms with Crippen LogP contribution in [-0.2, 0) is 0 Å². The van der Waals surface area contributed by atoms with Crippen LogP contribution in [0.5, 0.6) is 0 Å². The highest BCUT2D eigenvalue weighted by Gasteiger charge is 2.02. The number of nitrogens with two attached hydrogens (primary N) is 2. The van der Waals surface area contributed by atoms with E-state index in [1.807, 2.05) is 0 Å². The van der Waals surface area contributed by atoms with Gasteiger partial charge in [0.25, 0.3) is 0 Å². The quantitative estimate of drug-likeness (QED) is 0.707. The summed E-state index contributed by atoms with van der Waals surface area (Å²) in [7, 11) is 0. The Bertz CT molecular complexity index is 123. The van der Waals surface area contributed by atoms with Crippen LogP contribution in [0.25, 0.3) is 0 Å². The van der Waals surface area contributed by atoms with Gasteiger partial charge in [0.2, 0.25) is 0 Å². The minimum absolute atomic E-state index is 0. The van der Waals surface area contributed by atoms with Gasteiger partial charge >= 0.3 is 0 Å². The number of alkyl halides is 2. The van der Waals surface area contributed by atoms with Gasteiger partial charge in [-0.1, -0.05) is 12.2 Å².